The van der Waals surface area contributed by atoms with E-state index in [0.29, 0.717) is 6.42 Å². The van der Waals surface area contributed by atoms with Crippen molar-refractivity contribution in [3.8, 4) is 0 Å². The second-order valence-electron chi connectivity index (χ2n) is 5.76. The zero-order valence-electron chi connectivity index (χ0n) is 12.1. The number of carbonyl (C=O) groups is 1. The van der Waals surface area contributed by atoms with E-state index in [4.69, 9.17) is 0 Å². The molecule has 1 amide bonds. The van der Waals surface area contributed by atoms with Gasteiger partial charge >= 0.3 is 0 Å². The Balaban J connectivity index is 1.94. The summed E-state index contributed by atoms with van der Waals surface area (Å²) in [5.41, 5.74) is 0.621. The minimum Gasteiger partial charge on any atom is -0.394 e. The molecule has 110 valence electrons. The van der Waals surface area contributed by atoms with Crippen LogP contribution < -0.4 is 10.6 Å². The van der Waals surface area contributed by atoms with Crippen LogP contribution in [-0.4, -0.2) is 35.7 Å². The minimum absolute atomic E-state index is 0.00724. The highest BCUT2D eigenvalue weighted by Crippen LogP contribution is 2.19. The Morgan fingerprint density at radius 2 is 2.15 bits per heavy atom. The van der Waals surface area contributed by atoms with Gasteiger partial charge in [-0.2, -0.15) is 0 Å². The summed E-state index contributed by atoms with van der Waals surface area (Å²) in [5.74, 6) is -0.00724. The standard InChI is InChI=1S/C16H24N2O2/c1-16(9-5-6-10-17-16)15(20)18-14(12-19)11-13-7-3-2-4-8-13/h2-4,7-8,14,17,19H,5-6,9-12H2,1H3,(H,18,20). The first-order chi connectivity index (χ1) is 9.64. The van der Waals surface area contributed by atoms with Crippen LogP contribution in [0, 0.1) is 0 Å². The Kier molecular flexibility index (Phi) is 5.15. The first-order valence-corrected chi connectivity index (χ1v) is 7.35. The number of rotatable bonds is 5. The lowest BCUT2D eigenvalue weighted by Crippen LogP contribution is -2.59. The van der Waals surface area contributed by atoms with Crippen molar-refractivity contribution in [2.45, 2.75) is 44.2 Å². The van der Waals surface area contributed by atoms with Crippen LogP contribution >= 0.6 is 0 Å². The van der Waals surface area contributed by atoms with Gasteiger partial charge in [-0.3, -0.25) is 4.79 Å². The van der Waals surface area contributed by atoms with Gasteiger partial charge in [-0.15, -0.1) is 0 Å². The minimum atomic E-state index is -0.498. The molecule has 0 spiro atoms. The molecule has 4 heteroatoms. The smallest absolute Gasteiger partial charge is 0.240 e. The van der Waals surface area contributed by atoms with Crippen LogP contribution in [0.3, 0.4) is 0 Å². The molecule has 1 saturated heterocycles. The van der Waals surface area contributed by atoms with Gasteiger partial charge in [-0.25, -0.2) is 0 Å². The van der Waals surface area contributed by atoms with Gasteiger partial charge in [0.25, 0.3) is 0 Å². The Labute approximate surface area is 120 Å². The Morgan fingerprint density at radius 1 is 1.40 bits per heavy atom. The Morgan fingerprint density at radius 3 is 2.75 bits per heavy atom. The molecular weight excluding hydrogens is 252 g/mol. The van der Waals surface area contributed by atoms with Gasteiger partial charge in [0.1, 0.15) is 0 Å². The van der Waals surface area contributed by atoms with E-state index in [1.54, 1.807) is 0 Å². The maximum atomic E-state index is 12.4. The van der Waals surface area contributed by atoms with Crippen molar-refractivity contribution in [3.05, 3.63) is 35.9 Å². The van der Waals surface area contributed by atoms with E-state index in [1.807, 2.05) is 37.3 Å². The van der Waals surface area contributed by atoms with Gasteiger partial charge in [-0.05, 0) is 44.7 Å². The van der Waals surface area contributed by atoms with Crippen molar-refractivity contribution < 1.29 is 9.90 Å². The molecule has 1 fully saturated rings. The van der Waals surface area contributed by atoms with Crippen molar-refractivity contribution >= 4 is 5.91 Å². The van der Waals surface area contributed by atoms with Gasteiger partial charge in [-0.1, -0.05) is 30.3 Å². The molecule has 1 heterocycles. The van der Waals surface area contributed by atoms with Gasteiger partial charge < -0.3 is 15.7 Å². The Bertz CT molecular complexity index is 427. The number of amides is 1. The molecule has 1 aliphatic rings. The van der Waals surface area contributed by atoms with E-state index in [9.17, 15) is 9.90 Å². The summed E-state index contributed by atoms with van der Waals surface area (Å²) in [4.78, 5) is 12.4. The first kappa shape index (κ1) is 15.0. The predicted molar refractivity (Wildman–Crippen MR) is 79.4 cm³/mol. The maximum absolute atomic E-state index is 12.4. The molecule has 2 atom stereocenters. The molecule has 0 saturated carbocycles. The maximum Gasteiger partial charge on any atom is 0.240 e. The second kappa shape index (κ2) is 6.86. The number of benzene rings is 1. The summed E-state index contributed by atoms with van der Waals surface area (Å²) >= 11 is 0. The summed E-state index contributed by atoms with van der Waals surface area (Å²) < 4.78 is 0. The number of carbonyl (C=O) groups excluding carboxylic acids is 1. The lowest BCUT2D eigenvalue weighted by atomic mass is 9.89. The fraction of sp³-hybridized carbons (Fsp3) is 0.562. The molecule has 1 aliphatic heterocycles. The van der Waals surface area contributed by atoms with Crippen LogP contribution in [0.1, 0.15) is 31.7 Å². The predicted octanol–water partition coefficient (Wildman–Crippen LogP) is 1.24. The fourth-order valence-corrected chi connectivity index (χ4v) is 2.65. The molecule has 2 rings (SSSR count). The summed E-state index contributed by atoms with van der Waals surface area (Å²) in [7, 11) is 0. The van der Waals surface area contributed by atoms with Crippen LogP contribution in [0.25, 0.3) is 0 Å². The first-order valence-electron chi connectivity index (χ1n) is 7.35. The van der Waals surface area contributed by atoms with Crippen molar-refractivity contribution in [1.29, 1.82) is 0 Å². The molecule has 0 aromatic heterocycles. The van der Waals surface area contributed by atoms with Crippen LogP contribution in [0.2, 0.25) is 0 Å². The molecule has 0 aliphatic carbocycles. The van der Waals surface area contributed by atoms with E-state index in [-0.39, 0.29) is 18.6 Å². The second-order valence-corrected chi connectivity index (χ2v) is 5.76. The third-order valence-electron chi connectivity index (χ3n) is 4.00. The normalized spacial score (nSPS) is 24.1. The molecule has 0 radical (unpaired) electrons. The third-order valence-corrected chi connectivity index (χ3v) is 4.00. The zero-order chi connectivity index (χ0) is 14.4. The van der Waals surface area contributed by atoms with Gasteiger partial charge in [0, 0.05) is 0 Å². The molecule has 1 aromatic rings. The number of hydrogen-bond donors (Lipinski definition) is 3. The zero-order valence-corrected chi connectivity index (χ0v) is 12.1. The van der Waals surface area contributed by atoms with Crippen LogP contribution in [-0.2, 0) is 11.2 Å². The van der Waals surface area contributed by atoms with Crippen molar-refractivity contribution in [3.63, 3.8) is 0 Å². The lowest BCUT2D eigenvalue weighted by Gasteiger charge is -2.34. The van der Waals surface area contributed by atoms with Crippen LogP contribution in [0.5, 0.6) is 0 Å². The van der Waals surface area contributed by atoms with Gasteiger partial charge in [0.15, 0.2) is 0 Å². The van der Waals surface area contributed by atoms with E-state index >= 15 is 0 Å². The molecule has 2 unspecified atom stereocenters. The van der Waals surface area contributed by atoms with Crippen LogP contribution in [0.4, 0.5) is 0 Å². The number of hydrogen-bond acceptors (Lipinski definition) is 3. The molecule has 1 aromatic carbocycles. The average molecular weight is 276 g/mol. The summed E-state index contributed by atoms with van der Waals surface area (Å²) in [6.45, 7) is 2.78. The van der Waals surface area contributed by atoms with E-state index in [1.165, 1.54) is 0 Å². The number of piperidine rings is 1. The monoisotopic (exact) mass is 276 g/mol. The van der Waals surface area contributed by atoms with Crippen molar-refractivity contribution in [2.75, 3.05) is 13.2 Å². The van der Waals surface area contributed by atoms with Crippen molar-refractivity contribution in [1.82, 2.24) is 10.6 Å². The number of aliphatic hydroxyl groups excluding tert-OH is 1. The molecule has 0 bridgehead atoms. The quantitative estimate of drug-likeness (QED) is 0.758. The largest absolute Gasteiger partial charge is 0.394 e. The highest BCUT2D eigenvalue weighted by atomic mass is 16.3. The topological polar surface area (TPSA) is 61.4 Å². The van der Waals surface area contributed by atoms with E-state index in [0.717, 1.165) is 31.4 Å². The van der Waals surface area contributed by atoms with Gasteiger partial charge in [0.2, 0.25) is 5.91 Å². The third kappa shape index (κ3) is 3.81. The van der Waals surface area contributed by atoms with Gasteiger partial charge in [0.05, 0.1) is 18.2 Å². The SMILES string of the molecule is CC1(C(=O)NC(CO)Cc2ccccc2)CCCCN1. The molecule has 3 N–H and O–H groups in total. The summed E-state index contributed by atoms with van der Waals surface area (Å²) in [5, 5.41) is 15.8. The van der Waals surface area contributed by atoms with Crippen LogP contribution in [0.15, 0.2) is 30.3 Å². The highest BCUT2D eigenvalue weighted by molar-refractivity contribution is 5.86. The summed E-state index contributed by atoms with van der Waals surface area (Å²) in [6, 6.07) is 9.68. The number of nitrogens with one attached hydrogen (secondary N) is 2. The number of aliphatic hydroxyl groups is 1. The van der Waals surface area contributed by atoms with Crippen molar-refractivity contribution in [2.24, 2.45) is 0 Å². The average Bonchev–Trinajstić information content (AvgIpc) is 2.48. The fourth-order valence-electron chi connectivity index (χ4n) is 2.65. The highest BCUT2D eigenvalue weighted by Gasteiger charge is 2.35. The van der Waals surface area contributed by atoms with E-state index in [2.05, 4.69) is 10.6 Å². The van der Waals surface area contributed by atoms with E-state index < -0.39 is 5.54 Å². The lowest BCUT2D eigenvalue weighted by molar-refractivity contribution is -0.129. The summed E-state index contributed by atoms with van der Waals surface area (Å²) in [6.07, 6.45) is 3.69. The molecule has 20 heavy (non-hydrogen) atoms. The molecule has 4 nitrogen and oxygen atoms in total. The Hall–Kier alpha value is -1.39. The molecular formula is C16H24N2O2.